The van der Waals surface area contributed by atoms with Gasteiger partial charge in [-0.1, -0.05) is 11.8 Å². The molecule has 20 heavy (non-hydrogen) atoms. The smallest absolute Gasteiger partial charge is 0.154 e. The molecule has 1 atom stereocenters. The number of hydrogen-bond acceptors (Lipinski definition) is 3. The van der Waals surface area contributed by atoms with Crippen LogP contribution in [-0.2, 0) is 9.84 Å². The lowest BCUT2D eigenvalue weighted by atomic mass is 10.2. The molecule has 1 aliphatic heterocycles. The molecule has 0 bridgehead atoms. The minimum Gasteiger partial charge on any atom is -0.488 e. The third-order valence-electron chi connectivity index (χ3n) is 2.87. The second-order valence-corrected chi connectivity index (χ2v) is 7.13. The first kappa shape index (κ1) is 15.1. The van der Waals surface area contributed by atoms with E-state index in [1.807, 2.05) is 0 Å². The van der Waals surface area contributed by atoms with Crippen LogP contribution in [0.15, 0.2) is 18.2 Å². The summed E-state index contributed by atoms with van der Waals surface area (Å²) in [5.41, 5.74) is 0.542. The first-order valence-corrected chi connectivity index (χ1v) is 8.57. The molecular formula is C14H14ClFO3S. The molecular weight excluding hydrogens is 303 g/mol. The summed E-state index contributed by atoms with van der Waals surface area (Å²) in [5.74, 6) is 6.06. The van der Waals surface area contributed by atoms with Crippen LogP contribution in [0, 0.1) is 17.7 Å². The van der Waals surface area contributed by atoms with Gasteiger partial charge in [-0.05, 0) is 18.6 Å². The van der Waals surface area contributed by atoms with Crippen molar-refractivity contribution in [3.05, 3.63) is 29.6 Å². The second-order valence-electron chi connectivity index (χ2n) is 4.52. The Bertz CT molecular complexity index is 646. The number of sulfone groups is 1. The normalized spacial score (nSPS) is 20.2. The molecule has 6 heteroatoms. The Morgan fingerprint density at radius 1 is 1.45 bits per heavy atom. The zero-order valence-electron chi connectivity index (χ0n) is 10.7. The van der Waals surface area contributed by atoms with E-state index in [-0.39, 0.29) is 17.3 Å². The van der Waals surface area contributed by atoms with Crippen LogP contribution < -0.4 is 4.74 Å². The summed E-state index contributed by atoms with van der Waals surface area (Å²) in [5, 5.41) is 0. The van der Waals surface area contributed by atoms with Crippen LogP contribution in [0.5, 0.6) is 5.75 Å². The maximum Gasteiger partial charge on any atom is 0.154 e. The molecule has 0 N–H and O–H groups in total. The summed E-state index contributed by atoms with van der Waals surface area (Å²) in [6, 6.07) is 4.05. The number of alkyl halides is 1. The van der Waals surface area contributed by atoms with Crippen LogP contribution in [0.2, 0.25) is 0 Å². The van der Waals surface area contributed by atoms with E-state index in [1.165, 1.54) is 18.2 Å². The molecule has 108 valence electrons. The van der Waals surface area contributed by atoms with Crippen LogP contribution >= 0.6 is 11.6 Å². The SMILES string of the molecule is O=S1(=O)CCC(Oc2cc(F)ccc2C#CCCCl)C1. The molecule has 0 aliphatic carbocycles. The van der Waals surface area contributed by atoms with Gasteiger partial charge in [0, 0.05) is 18.4 Å². The molecule has 0 amide bonds. The lowest BCUT2D eigenvalue weighted by Gasteiger charge is -2.13. The zero-order chi connectivity index (χ0) is 14.6. The molecule has 0 saturated carbocycles. The van der Waals surface area contributed by atoms with E-state index in [0.29, 0.717) is 24.3 Å². The van der Waals surface area contributed by atoms with E-state index in [1.54, 1.807) is 0 Å². The van der Waals surface area contributed by atoms with Crippen molar-refractivity contribution in [2.45, 2.75) is 18.9 Å². The van der Waals surface area contributed by atoms with Gasteiger partial charge in [0.2, 0.25) is 0 Å². The monoisotopic (exact) mass is 316 g/mol. The van der Waals surface area contributed by atoms with Gasteiger partial charge in [0.25, 0.3) is 0 Å². The summed E-state index contributed by atoms with van der Waals surface area (Å²) in [6.45, 7) is 0. The average molecular weight is 317 g/mol. The highest BCUT2D eigenvalue weighted by Crippen LogP contribution is 2.24. The minimum atomic E-state index is -3.03. The van der Waals surface area contributed by atoms with E-state index in [2.05, 4.69) is 11.8 Å². The van der Waals surface area contributed by atoms with Gasteiger partial charge in [0.1, 0.15) is 17.7 Å². The summed E-state index contributed by atoms with van der Waals surface area (Å²) >= 11 is 5.54. The van der Waals surface area contributed by atoms with E-state index in [9.17, 15) is 12.8 Å². The largest absolute Gasteiger partial charge is 0.488 e. The average Bonchev–Trinajstić information content (AvgIpc) is 2.72. The molecule has 1 aromatic carbocycles. The lowest BCUT2D eigenvalue weighted by Crippen LogP contribution is -2.18. The molecule has 1 aliphatic rings. The predicted molar refractivity (Wildman–Crippen MR) is 76.3 cm³/mol. The van der Waals surface area contributed by atoms with Crippen molar-refractivity contribution in [1.82, 2.24) is 0 Å². The second kappa shape index (κ2) is 6.47. The van der Waals surface area contributed by atoms with E-state index in [4.69, 9.17) is 16.3 Å². The number of ether oxygens (including phenoxy) is 1. The molecule has 3 nitrogen and oxygen atoms in total. The topological polar surface area (TPSA) is 43.4 Å². The van der Waals surface area contributed by atoms with E-state index in [0.717, 1.165) is 0 Å². The Hall–Kier alpha value is -1.25. The van der Waals surface area contributed by atoms with Crippen molar-refractivity contribution in [3.63, 3.8) is 0 Å². The van der Waals surface area contributed by atoms with Gasteiger partial charge < -0.3 is 4.74 Å². The van der Waals surface area contributed by atoms with Gasteiger partial charge >= 0.3 is 0 Å². The van der Waals surface area contributed by atoms with Gasteiger partial charge in [-0.2, -0.15) is 0 Å². The highest BCUT2D eigenvalue weighted by atomic mass is 35.5. The molecule has 0 aromatic heterocycles. The fraction of sp³-hybridized carbons (Fsp3) is 0.429. The Kier molecular flexibility index (Phi) is 4.90. The van der Waals surface area contributed by atoms with Gasteiger partial charge in [-0.25, -0.2) is 12.8 Å². The van der Waals surface area contributed by atoms with Crippen LogP contribution in [-0.4, -0.2) is 31.9 Å². The Morgan fingerprint density at radius 3 is 2.90 bits per heavy atom. The van der Waals surface area contributed by atoms with Crippen molar-refractivity contribution < 1.29 is 17.5 Å². The molecule has 2 rings (SSSR count). The first-order valence-electron chi connectivity index (χ1n) is 6.21. The number of benzene rings is 1. The highest BCUT2D eigenvalue weighted by molar-refractivity contribution is 7.91. The standard InChI is InChI=1S/C14H14ClFO3S/c15-7-2-1-3-11-4-5-12(16)9-14(11)19-13-6-8-20(17,18)10-13/h4-5,9,13H,2,6-8,10H2. The van der Waals surface area contributed by atoms with Crippen molar-refractivity contribution >= 4 is 21.4 Å². The maximum atomic E-state index is 13.3. The van der Waals surface area contributed by atoms with Gasteiger partial charge in [0.15, 0.2) is 9.84 Å². The molecule has 0 spiro atoms. The highest BCUT2D eigenvalue weighted by Gasteiger charge is 2.29. The summed E-state index contributed by atoms with van der Waals surface area (Å²) in [4.78, 5) is 0. The lowest BCUT2D eigenvalue weighted by molar-refractivity contribution is 0.227. The summed E-state index contributed by atoms with van der Waals surface area (Å²) in [6.07, 6.45) is 0.513. The Balaban J connectivity index is 2.18. The van der Waals surface area contributed by atoms with Gasteiger partial charge in [0.05, 0.1) is 17.1 Å². The Labute approximate surface area is 123 Å². The van der Waals surface area contributed by atoms with Crippen molar-refractivity contribution in [2.24, 2.45) is 0 Å². The van der Waals surface area contributed by atoms with Crippen molar-refractivity contribution in [1.29, 1.82) is 0 Å². The fourth-order valence-corrected chi connectivity index (χ4v) is 3.62. The third kappa shape index (κ3) is 4.12. The maximum absolute atomic E-state index is 13.3. The molecule has 1 heterocycles. The summed E-state index contributed by atoms with van der Waals surface area (Å²) in [7, 11) is -3.03. The van der Waals surface area contributed by atoms with Crippen LogP contribution in [0.4, 0.5) is 4.39 Å². The van der Waals surface area contributed by atoms with Gasteiger partial charge in [-0.3, -0.25) is 0 Å². The predicted octanol–water partition coefficient (Wildman–Crippen LogP) is 2.37. The van der Waals surface area contributed by atoms with Crippen LogP contribution in [0.25, 0.3) is 0 Å². The minimum absolute atomic E-state index is 0.0297. The molecule has 1 saturated heterocycles. The summed E-state index contributed by atoms with van der Waals surface area (Å²) < 4.78 is 41.7. The van der Waals surface area contributed by atoms with E-state index < -0.39 is 21.8 Å². The fourth-order valence-electron chi connectivity index (χ4n) is 1.94. The quantitative estimate of drug-likeness (QED) is 0.635. The van der Waals surface area contributed by atoms with Crippen molar-refractivity contribution in [3.8, 4) is 17.6 Å². The number of rotatable bonds is 3. The van der Waals surface area contributed by atoms with Gasteiger partial charge in [-0.15, -0.1) is 11.6 Å². The number of hydrogen-bond donors (Lipinski definition) is 0. The molecule has 1 unspecified atom stereocenters. The first-order chi connectivity index (χ1) is 9.50. The number of halogens is 2. The third-order valence-corrected chi connectivity index (χ3v) is 4.80. The molecule has 0 radical (unpaired) electrons. The van der Waals surface area contributed by atoms with Crippen LogP contribution in [0.3, 0.4) is 0 Å². The Morgan fingerprint density at radius 2 is 2.25 bits per heavy atom. The zero-order valence-corrected chi connectivity index (χ0v) is 12.3. The van der Waals surface area contributed by atoms with Crippen LogP contribution in [0.1, 0.15) is 18.4 Å². The van der Waals surface area contributed by atoms with E-state index >= 15 is 0 Å². The molecule has 1 aromatic rings. The van der Waals surface area contributed by atoms with Crippen molar-refractivity contribution in [2.75, 3.05) is 17.4 Å². The molecule has 1 fully saturated rings.